The maximum absolute atomic E-state index is 3.48. The van der Waals surface area contributed by atoms with Crippen molar-refractivity contribution in [1.29, 1.82) is 0 Å². The Morgan fingerprint density at radius 1 is 1.05 bits per heavy atom. The molecule has 5 heteroatoms. The second-order valence-corrected chi connectivity index (χ2v) is 25.9. The SMILES string of the molecule is Cl.Cl.[CH3][Ti]([CH3])(=[SiH2])([c]1ccc[nH]1)[CH]1C=Cc2ccccc21. The summed E-state index contributed by atoms with van der Waals surface area (Å²) >= 11 is -2.70. The summed E-state index contributed by atoms with van der Waals surface area (Å²) in [6, 6.07) is 13.2. The topological polar surface area (TPSA) is 15.8 Å². The Morgan fingerprint density at radius 2 is 1.75 bits per heavy atom. The van der Waals surface area contributed by atoms with E-state index < -0.39 is 14.0 Å². The van der Waals surface area contributed by atoms with E-state index in [0.29, 0.717) is 4.22 Å². The fourth-order valence-electron chi connectivity index (χ4n) is 3.07. The van der Waals surface area contributed by atoms with E-state index >= 15 is 0 Å². The van der Waals surface area contributed by atoms with Crippen molar-refractivity contribution >= 4 is 42.5 Å². The molecule has 1 aromatic carbocycles. The monoisotopic (exact) mass is 361 g/mol. The average molecular weight is 362 g/mol. The fraction of sp³-hybridized carbons (Fsp3) is 0.200. The molecule has 0 spiro atoms. The van der Waals surface area contributed by atoms with Crippen LogP contribution in [0.5, 0.6) is 0 Å². The molecular weight excluding hydrogens is 341 g/mol. The molecule has 1 nitrogen and oxygen atoms in total. The molecule has 1 atom stereocenters. The molecule has 0 saturated carbocycles. The Hall–Kier alpha value is -0.249. The molecule has 0 radical (unpaired) electrons. The van der Waals surface area contributed by atoms with Gasteiger partial charge in [-0.15, -0.1) is 24.8 Å². The van der Waals surface area contributed by atoms with E-state index in [1.807, 2.05) is 0 Å². The van der Waals surface area contributed by atoms with Crippen LogP contribution in [0.3, 0.4) is 0 Å². The van der Waals surface area contributed by atoms with Gasteiger partial charge in [0.25, 0.3) is 0 Å². The van der Waals surface area contributed by atoms with Crippen LogP contribution in [0.4, 0.5) is 0 Å². The van der Waals surface area contributed by atoms with E-state index in [9.17, 15) is 0 Å². The quantitative estimate of drug-likeness (QED) is 0.786. The van der Waals surface area contributed by atoms with E-state index in [1.54, 1.807) is 0 Å². The molecule has 3 rings (SSSR count). The molecule has 0 amide bonds. The zero-order valence-electron chi connectivity index (χ0n) is 11.8. The molecule has 0 saturated heterocycles. The summed E-state index contributed by atoms with van der Waals surface area (Å²) in [5.74, 6) is 0. The number of hydrogen-bond donors (Lipinski definition) is 1. The number of rotatable bonds is 2. The van der Waals surface area contributed by atoms with Gasteiger partial charge >= 0.3 is 111 Å². The number of aromatic nitrogens is 1. The number of halogens is 2. The van der Waals surface area contributed by atoms with Gasteiger partial charge in [0.1, 0.15) is 0 Å². The predicted octanol–water partition coefficient (Wildman–Crippen LogP) is 3.59. The van der Waals surface area contributed by atoms with Gasteiger partial charge in [-0.05, 0) is 0 Å². The van der Waals surface area contributed by atoms with Crippen LogP contribution in [-0.2, 0) is 14.0 Å². The summed E-state index contributed by atoms with van der Waals surface area (Å²) in [6.07, 6.45) is 6.78. The number of nitrogens with one attached hydrogen (secondary N) is 1. The van der Waals surface area contributed by atoms with Gasteiger partial charge in [0.05, 0.1) is 0 Å². The van der Waals surface area contributed by atoms with E-state index in [2.05, 4.69) is 77.8 Å². The number of H-pyrrole nitrogens is 1. The molecule has 1 unspecified atom stereocenters. The van der Waals surface area contributed by atoms with Crippen LogP contribution in [0.15, 0.2) is 48.7 Å². The number of hydrogen-bond acceptors (Lipinski definition) is 0. The third kappa shape index (κ3) is 2.73. The van der Waals surface area contributed by atoms with E-state index in [1.165, 1.54) is 15.1 Å². The molecule has 1 aliphatic carbocycles. The Labute approximate surface area is 135 Å². The molecule has 1 heterocycles. The second kappa shape index (κ2) is 5.86. The molecule has 2 aromatic rings. The van der Waals surface area contributed by atoms with Gasteiger partial charge < -0.3 is 0 Å². The van der Waals surface area contributed by atoms with Gasteiger partial charge in [-0.2, -0.15) is 0 Å². The fourth-order valence-corrected chi connectivity index (χ4v) is 10.9. The Morgan fingerprint density at radius 3 is 2.40 bits per heavy atom. The number of aromatic amines is 1. The Kier molecular flexibility index (Phi) is 5.22. The summed E-state index contributed by atoms with van der Waals surface area (Å²) in [5.41, 5.74) is 2.92. The first kappa shape index (κ1) is 17.8. The minimum atomic E-state index is -2.70. The van der Waals surface area contributed by atoms with Gasteiger partial charge in [-0.25, -0.2) is 0 Å². The van der Waals surface area contributed by atoms with Crippen molar-refractivity contribution in [2.75, 3.05) is 0 Å². The number of benzene rings is 1. The van der Waals surface area contributed by atoms with Crippen molar-refractivity contribution in [2.45, 2.75) is 14.7 Å². The van der Waals surface area contributed by atoms with Crippen molar-refractivity contribution in [3.63, 3.8) is 0 Å². The van der Waals surface area contributed by atoms with Crippen LogP contribution >= 0.6 is 24.8 Å². The van der Waals surface area contributed by atoms with E-state index in [0.717, 1.165) is 0 Å². The molecule has 0 bridgehead atoms. The first-order valence-corrected chi connectivity index (χ1v) is 15.3. The van der Waals surface area contributed by atoms with Gasteiger partial charge in [0.2, 0.25) is 0 Å². The Balaban J connectivity index is 0.000001000. The standard InChI is InChI=1S/C9H7.C4H4N.2CH3.2ClH.H2Si.Ti/c1-2-5-9-7-3-6-8(9)4-1;1-2-4-5-3-1;;;;;;/h1-7H;1-3,5H;2*1H3;2*1H;1H2;. The van der Waals surface area contributed by atoms with Crippen molar-refractivity contribution < 1.29 is 14.0 Å². The summed E-state index contributed by atoms with van der Waals surface area (Å²) in [5, 5.41) is 5.05. The molecule has 1 N–H and O–H groups in total. The van der Waals surface area contributed by atoms with Gasteiger partial charge in [-0.1, -0.05) is 0 Å². The minimum absolute atomic E-state index is 0. The number of fused-ring (bicyclic) bond motifs is 1. The van der Waals surface area contributed by atoms with Crippen LogP contribution in [0.2, 0.25) is 10.5 Å². The molecule has 1 aromatic heterocycles. The molecule has 1 aliphatic rings. The molecule has 0 fully saturated rings. The molecule has 108 valence electrons. The third-order valence-electron chi connectivity index (χ3n) is 4.28. The molecular formula is C15H21Cl2NSiTi. The van der Waals surface area contributed by atoms with Crippen LogP contribution in [0.25, 0.3) is 6.08 Å². The maximum atomic E-state index is 3.48. The average Bonchev–Trinajstić information content (AvgIpc) is 2.99. The Bertz CT molecular complexity index is 686. The van der Waals surface area contributed by atoms with E-state index in [-0.39, 0.29) is 24.8 Å². The predicted molar refractivity (Wildman–Crippen MR) is 93.4 cm³/mol. The molecule has 20 heavy (non-hydrogen) atoms. The van der Waals surface area contributed by atoms with Gasteiger partial charge in [0.15, 0.2) is 0 Å². The van der Waals surface area contributed by atoms with Crippen LogP contribution in [0.1, 0.15) is 15.3 Å². The third-order valence-corrected chi connectivity index (χ3v) is 14.8. The van der Waals surface area contributed by atoms with Gasteiger partial charge in [0, 0.05) is 0 Å². The van der Waals surface area contributed by atoms with Crippen LogP contribution < -0.4 is 4.00 Å². The summed E-state index contributed by atoms with van der Waals surface area (Å²) in [7, 11) is 2.27. The molecule has 0 aliphatic heterocycles. The van der Waals surface area contributed by atoms with Gasteiger partial charge in [-0.3, -0.25) is 0 Å². The van der Waals surface area contributed by atoms with E-state index in [4.69, 9.17) is 0 Å². The van der Waals surface area contributed by atoms with Crippen molar-refractivity contribution in [2.24, 2.45) is 0 Å². The van der Waals surface area contributed by atoms with Crippen molar-refractivity contribution in [1.82, 2.24) is 4.98 Å². The zero-order chi connectivity index (χ0) is 12.8. The second-order valence-electron chi connectivity index (χ2n) is 6.36. The van der Waals surface area contributed by atoms with Crippen LogP contribution in [-0.4, -0.2) is 12.6 Å². The van der Waals surface area contributed by atoms with Crippen molar-refractivity contribution in [3.8, 4) is 0 Å². The zero-order valence-corrected chi connectivity index (χ0v) is 16.4. The first-order chi connectivity index (χ1) is 8.47. The van der Waals surface area contributed by atoms with Crippen LogP contribution in [0, 0.1) is 0 Å². The summed E-state index contributed by atoms with van der Waals surface area (Å²) in [4.78, 5) is 3.48. The summed E-state index contributed by atoms with van der Waals surface area (Å²) in [6.45, 7) is 0. The normalized spacial score (nSPS) is 17.1. The van der Waals surface area contributed by atoms with Crippen molar-refractivity contribution in [3.05, 3.63) is 59.8 Å². The number of allylic oxidation sites excluding steroid dienone is 1. The summed E-state index contributed by atoms with van der Waals surface area (Å²) < 4.78 is 2.09. The first-order valence-electron chi connectivity index (χ1n) is 6.46.